The van der Waals surface area contributed by atoms with E-state index in [2.05, 4.69) is 20.9 Å². The fraction of sp³-hybridized carbons (Fsp3) is 0.0625. The number of halogens is 1. The number of H-pyrrole nitrogens is 1. The molecular formula is C16H10BrN3O2. The van der Waals surface area contributed by atoms with Gasteiger partial charge in [0.05, 0.1) is 5.39 Å². The summed E-state index contributed by atoms with van der Waals surface area (Å²) in [4.78, 5) is 15.1. The van der Waals surface area contributed by atoms with Gasteiger partial charge in [-0.05, 0) is 18.6 Å². The maximum atomic E-state index is 12.4. The Labute approximate surface area is 133 Å². The third-order valence-electron chi connectivity index (χ3n) is 3.33. The molecule has 0 saturated heterocycles. The lowest BCUT2D eigenvalue weighted by Crippen LogP contribution is -2.15. The zero-order valence-electron chi connectivity index (χ0n) is 11.5. The number of nitriles is 1. The number of hydrogen-bond donors (Lipinski definition) is 2. The third-order valence-corrected chi connectivity index (χ3v) is 4.02. The van der Waals surface area contributed by atoms with E-state index < -0.39 is 0 Å². The van der Waals surface area contributed by atoms with E-state index >= 15 is 0 Å². The van der Waals surface area contributed by atoms with Crippen LogP contribution >= 0.6 is 15.9 Å². The molecule has 0 atom stereocenters. The van der Waals surface area contributed by atoms with Crippen molar-refractivity contribution in [2.24, 2.45) is 0 Å². The van der Waals surface area contributed by atoms with Gasteiger partial charge in [0.25, 0.3) is 5.56 Å². The van der Waals surface area contributed by atoms with Crippen LogP contribution in [0, 0.1) is 23.7 Å². The molecule has 0 aliphatic heterocycles. The number of aromatic nitrogens is 1. The van der Waals surface area contributed by atoms with Crippen LogP contribution in [0.3, 0.4) is 0 Å². The van der Waals surface area contributed by atoms with Crippen molar-refractivity contribution in [2.45, 2.75) is 6.92 Å². The summed E-state index contributed by atoms with van der Waals surface area (Å²) in [5.41, 5.74) is 1.42. The van der Waals surface area contributed by atoms with Crippen LogP contribution in [-0.4, -0.2) is 4.98 Å². The summed E-state index contributed by atoms with van der Waals surface area (Å²) in [6.07, 6.45) is 0. The molecule has 0 radical (unpaired) electrons. The second-order valence-electron chi connectivity index (χ2n) is 4.79. The third kappa shape index (κ3) is 2.16. The Morgan fingerprint density at radius 3 is 2.77 bits per heavy atom. The van der Waals surface area contributed by atoms with E-state index in [0.29, 0.717) is 16.8 Å². The predicted molar refractivity (Wildman–Crippen MR) is 85.3 cm³/mol. The molecule has 3 rings (SSSR count). The van der Waals surface area contributed by atoms with Gasteiger partial charge < -0.3 is 9.40 Å². The van der Waals surface area contributed by atoms with Crippen LogP contribution in [0.15, 0.2) is 44.0 Å². The summed E-state index contributed by atoms with van der Waals surface area (Å²) in [6, 6.07) is 10.9. The molecule has 0 amide bonds. The van der Waals surface area contributed by atoms with Crippen molar-refractivity contribution in [3.63, 3.8) is 0 Å². The van der Waals surface area contributed by atoms with Gasteiger partial charge in [0.15, 0.2) is 0 Å². The smallest absolute Gasteiger partial charge is 0.259 e. The molecule has 108 valence electrons. The minimum atomic E-state index is -0.346. The number of nitrogens with one attached hydrogen (secondary N) is 2. The highest BCUT2D eigenvalue weighted by atomic mass is 79.9. The number of aryl methyl sites for hydroxylation is 1. The van der Waals surface area contributed by atoms with Gasteiger partial charge in [-0.1, -0.05) is 34.1 Å². The second-order valence-corrected chi connectivity index (χ2v) is 5.65. The molecule has 3 aromatic rings. The second kappa shape index (κ2) is 5.28. The maximum Gasteiger partial charge on any atom is 0.259 e. The highest BCUT2D eigenvalue weighted by Gasteiger charge is 2.19. The Balaban J connectivity index is 2.63. The molecule has 0 aliphatic carbocycles. The van der Waals surface area contributed by atoms with Crippen molar-refractivity contribution < 1.29 is 4.42 Å². The number of benzene rings is 1. The summed E-state index contributed by atoms with van der Waals surface area (Å²) in [5, 5.41) is 17.6. The molecule has 0 spiro atoms. The van der Waals surface area contributed by atoms with Crippen molar-refractivity contribution in [1.29, 1.82) is 10.7 Å². The number of aromatic amines is 1. The van der Waals surface area contributed by atoms with Crippen LogP contribution < -0.4 is 11.1 Å². The van der Waals surface area contributed by atoms with Crippen LogP contribution in [0.5, 0.6) is 0 Å². The van der Waals surface area contributed by atoms with E-state index in [0.717, 1.165) is 4.47 Å². The van der Waals surface area contributed by atoms with E-state index in [1.165, 1.54) is 0 Å². The molecule has 22 heavy (non-hydrogen) atoms. The molecule has 2 aromatic heterocycles. The molecule has 2 N–H and O–H groups in total. The minimum Gasteiger partial charge on any atom is -0.437 e. The lowest BCUT2D eigenvalue weighted by molar-refractivity contribution is 0.530. The first kappa shape index (κ1) is 14.3. The molecule has 0 fully saturated rings. The molecule has 6 heteroatoms. The highest BCUT2D eigenvalue weighted by Crippen LogP contribution is 2.33. The van der Waals surface area contributed by atoms with Gasteiger partial charge in [0.1, 0.15) is 17.2 Å². The van der Waals surface area contributed by atoms with Gasteiger partial charge in [0.2, 0.25) is 5.55 Å². The standard InChI is InChI=1S/C16H10BrN3O2/c1-8-6-12-14(16(21)20-8)13(10(7-18)15(19)22-12)9-4-2-3-5-11(9)17/h2-6,19H,1H3,(H,20,21). The molecule has 0 saturated carbocycles. The van der Waals surface area contributed by atoms with Crippen molar-refractivity contribution in [2.75, 3.05) is 0 Å². The number of pyridine rings is 1. The summed E-state index contributed by atoms with van der Waals surface area (Å²) < 4.78 is 6.09. The molecule has 5 nitrogen and oxygen atoms in total. The summed E-state index contributed by atoms with van der Waals surface area (Å²) in [6.45, 7) is 1.73. The molecular weight excluding hydrogens is 346 g/mol. The average Bonchev–Trinajstić information content (AvgIpc) is 2.46. The average molecular weight is 356 g/mol. The van der Waals surface area contributed by atoms with Crippen molar-refractivity contribution >= 4 is 26.9 Å². The Morgan fingerprint density at radius 1 is 1.36 bits per heavy atom. The number of nitrogens with zero attached hydrogens (tertiary/aromatic N) is 1. The minimum absolute atomic E-state index is 0.0359. The maximum absolute atomic E-state index is 12.4. The van der Waals surface area contributed by atoms with E-state index in [9.17, 15) is 10.1 Å². The van der Waals surface area contributed by atoms with E-state index in [4.69, 9.17) is 9.83 Å². The monoisotopic (exact) mass is 355 g/mol. The fourth-order valence-electron chi connectivity index (χ4n) is 2.42. The number of fused-ring (bicyclic) bond motifs is 1. The zero-order valence-corrected chi connectivity index (χ0v) is 13.1. The first-order valence-electron chi connectivity index (χ1n) is 6.43. The Bertz CT molecular complexity index is 1060. The van der Waals surface area contributed by atoms with Crippen molar-refractivity contribution in [1.82, 2.24) is 4.98 Å². The SMILES string of the molecule is Cc1cc2oc(=N)c(C#N)c(-c3ccccc3Br)c2c(=O)[nH]1. The molecule has 0 unspecified atom stereocenters. The van der Waals surface area contributed by atoms with E-state index in [-0.39, 0.29) is 27.6 Å². The fourth-order valence-corrected chi connectivity index (χ4v) is 2.90. The largest absolute Gasteiger partial charge is 0.437 e. The van der Waals surface area contributed by atoms with Gasteiger partial charge in [-0.2, -0.15) is 5.26 Å². The topological polar surface area (TPSA) is 93.6 Å². The van der Waals surface area contributed by atoms with Gasteiger partial charge in [0, 0.05) is 21.8 Å². The predicted octanol–water partition coefficient (Wildman–Crippen LogP) is 3.21. The van der Waals surface area contributed by atoms with Crippen LogP contribution in [-0.2, 0) is 0 Å². The van der Waals surface area contributed by atoms with Gasteiger partial charge in [-0.25, -0.2) is 0 Å². The molecule has 1 aromatic carbocycles. The summed E-state index contributed by atoms with van der Waals surface area (Å²) >= 11 is 3.43. The van der Waals surface area contributed by atoms with Gasteiger partial charge in [-0.3, -0.25) is 10.2 Å². The summed E-state index contributed by atoms with van der Waals surface area (Å²) in [7, 11) is 0. The van der Waals surface area contributed by atoms with Crippen LogP contribution in [0.4, 0.5) is 0 Å². The van der Waals surface area contributed by atoms with Gasteiger partial charge >= 0.3 is 0 Å². The normalized spacial score (nSPS) is 10.6. The van der Waals surface area contributed by atoms with Gasteiger partial charge in [-0.15, -0.1) is 0 Å². The number of hydrogen-bond acceptors (Lipinski definition) is 4. The Kier molecular flexibility index (Phi) is 3.43. The van der Waals surface area contributed by atoms with Crippen molar-refractivity contribution in [3.05, 3.63) is 62.0 Å². The lowest BCUT2D eigenvalue weighted by atomic mass is 9.98. The number of rotatable bonds is 1. The molecule has 2 heterocycles. The van der Waals surface area contributed by atoms with Crippen LogP contribution in [0.25, 0.3) is 22.1 Å². The Morgan fingerprint density at radius 2 is 2.09 bits per heavy atom. The zero-order chi connectivity index (χ0) is 15.9. The quantitative estimate of drug-likeness (QED) is 0.701. The Hall–Kier alpha value is -2.65. The van der Waals surface area contributed by atoms with E-state index in [1.54, 1.807) is 19.1 Å². The first-order valence-corrected chi connectivity index (χ1v) is 7.22. The highest BCUT2D eigenvalue weighted by molar-refractivity contribution is 9.10. The van der Waals surface area contributed by atoms with E-state index in [1.807, 2.05) is 24.3 Å². The van der Waals surface area contributed by atoms with Crippen molar-refractivity contribution in [3.8, 4) is 17.2 Å². The first-order chi connectivity index (χ1) is 10.5. The lowest BCUT2D eigenvalue weighted by Gasteiger charge is -2.10. The summed E-state index contributed by atoms with van der Waals surface area (Å²) in [5.74, 6) is 0. The van der Waals surface area contributed by atoms with Crippen LogP contribution in [0.2, 0.25) is 0 Å². The molecule has 0 aliphatic rings. The van der Waals surface area contributed by atoms with Crippen LogP contribution in [0.1, 0.15) is 11.3 Å². The molecule has 0 bridgehead atoms.